The van der Waals surface area contributed by atoms with Crippen LogP contribution >= 0.6 is 0 Å². The molecule has 1 atom stereocenters. The summed E-state index contributed by atoms with van der Waals surface area (Å²) in [4.78, 5) is 35.0. The lowest BCUT2D eigenvalue weighted by molar-refractivity contribution is -0.384. The Labute approximate surface area is 115 Å². The van der Waals surface area contributed by atoms with Crippen LogP contribution in [0.4, 0.5) is 5.69 Å². The fourth-order valence-electron chi connectivity index (χ4n) is 2.27. The molecule has 1 saturated heterocycles. The molecule has 1 aliphatic heterocycles. The molecule has 2 rings (SSSR count). The first-order valence-corrected chi connectivity index (χ1v) is 6.26. The van der Waals surface area contributed by atoms with Crippen molar-refractivity contribution in [1.29, 1.82) is 0 Å². The van der Waals surface area contributed by atoms with Crippen LogP contribution in [0.15, 0.2) is 24.3 Å². The second kappa shape index (κ2) is 5.79. The molecular formula is C13H15N3O4. The summed E-state index contributed by atoms with van der Waals surface area (Å²) in [6.07, 6.45) is 0.670. The van der Waals surface area contributed by atoms with Crippen LogP contribution in [0.2, 0.25) is 0 Å². The van der Waals surface area contributed by atoms with Gasteiger partial charge in [0, 0.05) is 24.2 Å². The van der Waals surface area contributed by atoms with Crippen molar-refractivity contribution < 1.29 is 14.5 Å². The van der Waals surface area contributed by atoms with Gasteiger partial charge in [0.25, 0.3) is 5.69 Å². The van der Waals surface area contributed by atoms with E-state index in [2.05, 4.69) is 0 Å². The summed E-state index contributed by atoms with van der Waals surface area (Å²) in [6, 6.07) is 5.51. The number of non-ortho nitro benzene ring substituents is 1. The number of nitrogens with zero attached hydrogens (tertiary/aromatic N) is 2. The summed E-state index contributed by atoms with van der Waals surface area (Å²) in [5.41, 5.74) is 5.62. The van der Waals surface area contributed by atoms with Crippen LogP contribution in [0.3, 0.4) is 0 Å². The van der Waals surface area contributed by atoms with Crippen molar-refractivity contribution in [3.8, 4) is 0 Å². The number of likely N-dealkylation sites (tertiary alicyclic amines) is 1. The van der Waals surface area contributed by atoms with Gasteiger partial charge in [0.15, 0.2) is 5.78 Å². The molecule has 1 aliphatic rings. The van der Waals surface area contributed by atoms with Gasteiger partial charge in [-0.05, 0) is 25.1 Å². The molecule has 7 heteroatoms. The Morgan fingerprint density at radius 3 is 2.50 bits per heavy atom. The smallest absolute Gasteiger partial charge is 0.269 e. The molecule has 20 heavy (non-hydrogen) atoms. The van der Waals surface area contributed by atoms with Crippen LogP contribution in [0.5, 0.6) is 0 Å². The SMILES string of the molecule is NC(=O)C1CCN(CC(=O)c2ccc([N+](=O)[O-])cc2)C1. The summed E-state index contributed by atoms with van der Waals surface area (Å²) in [5.74, 6) is -0.653. The quantitative estimate of drug-likeness (QED) is 0.481. The number of nitro benzene ring substituents is 1. The highest BCUT2D eigenvalue weighted by Gasteiger charge is 2.27. The molecule has 0 spiro atoms. The Bertz CT molecular complexity index is 541. The minimum absolute atomic E-state index is 0.0449. The molecule has 0 radical (unpaired) electrons. The molecule has 0 bridgehead atoms. The Morgan fingerprint density at radius 2 is 2.00 bits per heavy atom. The average Bonchev–Trinajstić information content (AvgIpc) is 2.87. The van der Waals surface area contributed by atoms with Gasteiger partial charge in [-0.15, -0.1) is 0 Å². The lowest BCUT2D eigenvalue weighted by Gasteiger charge is -2.14. The van der Waals surface area contributed by atoms with E-state index in [9.17, 15) is 19.7 Å². The van der Waals surface area contributed by atoms with Gasteiger partial charge in [-0.25, -0.2) is 0 Å². The zero-order valence-corrected chi connectivity index (χ0v) is 10.8. The molecule has 1 heterocycles. The molecule has 1 unspecified atom stereocenters. The fraction of sp³-hybridized carbons (Fsp3) is 0.385. The van der Waals surface area contributed by atoms with Crippen molar-refractivity contribution in [2.24, 2.45) is 11.7 Å². The number of carbonyl (C=O) groups is 2. The maximum Gasteiger partial charge on any atom is 0.269 e. The van der Waals surface area contributed by atoms with Gasteiger partial charge in [0.2, 0.25) is 5.91 Å². The summed E-state index contributed by atoms with van der Waals surface area (Å²) in [6.45, 7) is 1.35. The van der Waals surface area contributed by atoms with Crippen LogP contribution in [-0.4, -0.2) is 41.1 Å². The Hall–Kier alpha value is -2.28. The normalized spacial score (nSPS) is 18.9. The molecule has 1 amide bonds. The summed E-state index contributed by atoms with van der Waals surface area (Å²) in [7, 11) is 0. The lowest BCUT2D eigenvalue weighted by Crippen LogP contribution is -2.31. The van der Waals surface area contributed by atoms with Gasteiger partial charge in [-0.2, -0.15) is 0 Å². The first-order chi connectivity index (χ1) is 9.47. The highest BCUT2D eigenvalue weighted by Crippen LogP contribution is 2.17. The summed E-state index contributed by atoms with van der Waals surface area (Å²) in [5, 5.41) is 10.5. The van der Waals surface area contributed by atoms with E-state index >= 15 is 0 Å². The highest BCUT2D eigenvalue weighted by atomic mass is 16.6. The van der Waals surface area contributed by atoms with Gasteiger partial charge in [0.1, 0.15) is 0 Å². The average molecular weight is 277 g/mol. The number of nitro groups is 1. The Morgan fingerprint density at radius 1 is 1.35 bits per heavy atom. The van der Waals surface area contributed by atoms with Crippen LogP contribution in [-0.2, 0) is 4.79 Å². The van der Waals surface area contributed by atoms with Gasteiger partial charge >= 0.3 is 0 Å². The van der Waals surface area contributed by atoms with Gasteiger partial charge in [-0.3, -0.25) is 24.6 Å². The molecule has 0 aliphatic carbocycles. The highest BCUT2D eigenvalue weighted by molar-refractivity contribution is 5.97. The third-order valence-electron chi connectivity index (χ3n) is 3.44. The van der Waals surface area contributed by atoms with Gasteiger partial charge < -0.3 is 5.73 Å². The standard InChI is InChI=1S/C13H15N3O4/c14-13(18)10-5-6-15(7-10)8-12(17)9-1-3-11(4-2-9)16(19)20/h1-4,10H,5-8H2,(H2,14,18). The number of Topliss-reactive ketones (excluding diaryl/α,β-unsaturated/α-hetero) is 1. The zero-order valence-electron chi connectivity index (χ0n) is 10.8. The first kappa shape index (κ1) is 14.1. The van der Waals surface area contributed by atoms with E-state index in [-0.39, 0.29) is 29.8 Å². The van der Waals surface area contributed by atoms with E-state index in [4.69, 9.17) is 5.73 Å². The number of nitrogens with two attached hydrogens (primary N) is 1. The predicted octanol–water partition coefficient (Wildman–Crippen LogP) is 0.585. The number of primary amides is 1. The fourth-order valence-corrected chi connectivity index (χ4v) is 2.27. The maximum atomic E-state index is 12.0. The molecular weight excluding hydrogens is 262 g/mol. The van der Waals surface area contributed by atoms with Crippen molar-refractivity contribution in [2.75, 3.05) is 19.6 Å². The van der Waals surface area contributed by atoms with E-state index in [1.807, 2.05) is 4.90 Å². The van der Waals surface area contributed by atoms with Crippen LogP contribution in [0.1, 0.15) is 16.8 Å². The zero-order chi connectivity index (χ0) is 14.7. The predicted molar refractivity (Wildman–Crippen MR) is 71.2 cm³/mol. The number of hydrogen-bond acceptors (Lipinski definition) is 5. The summed E-state index contributed by atoms with van der Waals surface area (Å²) < 4.78 is 0. The monoisotopic (exact) mass is 277 g/mol. The number of rotatable bonds is 5. The molecule has 1 aromatic carbocycles. The number of benzene rings is 1. The van der Waals surface area contributed by atoms with Crippen molar-refractivity contribution in [1.82, 2.24) is 4.90 Å². The lowest BCUT2D eigenvalue weighted by atomic mass is 10.1. The van der Waals surface area contributed by atoms with Crippen LogP contribution < -0.4 is 5.73 Å². The topological polar surface area (TPSA) is 107 Å². The van der Waals surface area contributed by atoms with Crippen molar-refractivity contribution >= 4 is 17.4 Å². The molecule has 106 valence electrons. The van der Waals surface area contributed by atoms with Crippen molar-refractivity contribution in [3.05, 3.63) is 39.9 Å². The summed E-state index contributed by atoms with van der Waals surface area (Å²) >= 11 is 0. The van der Waals surface area contributed by atoms with Gasteiger partial charge in [0.05, 0.1) is 17.4 Å². The number of amides is 1. The van der Waals surface area contributed by atoms with Crippen molar-refractivity contribution in [3.63, 3.8) is 0 Å². The molecule has 7 nitrogen and oxygen atoms in total. The number of ketones is 1. The molecule has 0 aromatic heterocycles. The first-order valence-electron chi connectivity index (χ1n) is 6.26. The van der Waals surface area contributed by atoms with E-state index < -0.39 is 4.92 Å². The molecule has 2 N–H and O–H groups in total. The number of carbonyl (C=O) groups excluding carboxylic acids is 2. The van der Waals surface area contributed by atoms with E-state index in [1.54, 1.807) is 0 Å². The van der Waals surface area contributed by atoms with Gasteiger partial charge in [-0.1, -0.05) is 0 Å². The Balaban J connectivity index is 1.95. The second-order valence-corrected chi connectivity index (χ2v) is 4.85. The van der Waals surface area contributed by atoms with Crippen LogP contribution in [0, 0.1) is 16.0 Å². The minimum atomic E-state index is -0.508. The van der Waals surface area contributed by atoms with Crippen molar-refractivity contribution in [2.45, 2.75) is 6.42 Å². The van der Waals surface area contributed by atoms with E-state index in [0.29, 0.717) is 25.1 Å². The van der Waals surface area contributed by atoms with Crippen LogP contribution in [0.25, 0.3) is 0 Å². The number of hydrogen-bond donors (Lipinski definition) is 1. The maximum absolute atomic E-state index is 12.0. The van der Waals surface area contributed by atoms with E-state index in [1.165, 1.54) is 24.3 Å². The third-order valence-corrected chi connectivity index (χ3v) is 3.44. The molecule has 1 aromatic rings. The molecule has 1 fully saturated rings. The molecule has 0 saturated carbocycles. The minimum Gasteiger partial charge on any atom is -0.369 e. The second-order valence-electron chi connectivity index (χ2n) is 4.85. The Kier molecular flexibility index (Phi) is 4.09. The largest absolute Gasteiger partial charge is 0.369 e. The van der Waals surface area contributed by atoms with E-state index in [0.717, 1.165) is 0 Å². The third kappa shape index (κ3) is 3.18.